The average molecular weight is 318 g/mol. The van der Waals surface area contributed by atoms with E-state index in [9.17, 15) is 9.59 Å². The van der Waals surface area contributed by atoms with E-state index in [0.29, 0.717) is 26.3 Å². The molecule has 1 heterocycles. The summed E-state index contributed by atoms with van der Waals surface area (Å²) in [6, 6.07) is 0. The summed E-state index contributed by atoms with van der Waals surface area (Å²) in [5.41, 5.74) is 0. The number of alkyl carbamates (subject to hydrolysis) is 2. The van der Waals surface area contributed by atoms with E-state index >= 15 is 0 Å². The van der Waals surface area contributed by atoms with Gasteiger partial charge in [-0.1, -0.05) is 12.8 Å². The van der Waals surface area contributed by atoms with E-state index in [1.807, 2.05) is 0 Å². The Labute approximate surface area is 130 Å². The molecular weight excluding hydrogens is 292 g/mol. The molecule has 0 spiro atoms. The number of carbonyl (C=O) groups is 2. The van der Waals surface area contributed by atoms with Crippen LogP contribution in [0.15, 0.2) is 0 Å². The quantitative estimate of drug-likeness (QED) is 0.412. The first-order chi connectivity index (χ1) is 10.7. The molecule has 8 heteroatoms. The van der Waals surface area contributed by atoms with Crippen molar-refractivity contribution in [1.82, 2.24) is 10.6 Å². The van der Waals surface area contributed by atoms with Crippen LogP contribution in [0.2, 0.25) is 0 Å². The van der Waals surface area contributed by atoms with Crippen molar-refractivity contribution in [2.75, 3.05) is 46.6 Å². The first-order valence-corrected chi connectivity index (χ1v) is 7.64. The van der Waals surface area contributed by atoms with E-state index in [1.54, 1.807) is 0 Å². The van der Waals surface area contributed by atoms with E-state index in [-0.39, 0.29) is 12.7 Å². The summed E-state index contributed by atoms with van der Waals surface area (Å²) in [7, 11) is 1.34. The molecule has 1 unspecified atom stereocenters. The number of nitrogens with one attached hydrogen (secondary N) is 2. The lowest BCUT2D eigenvalue weighted by Gasteiger charge is -2.07. The van der Waals surface area contributed by atoms with Crippen molar-refractivity contribution in [1.29, 1.82) is 0 Å². The zero-order chi connectivity index (χ0) is 16.0. The van der Waals surface area contributed by atoms with Crippen LogP contribution in [-0.2, 0) is 18.9 Å². The monoisotopic (exact) mass is 318 g/mol. The Hall–Kier alpha value is -1.54. The molecule has 8 nitrogen and oxygen atoms in total. The number of methoxy groups -OCH3 is 1. The van der Waals surface area contributed by atoms with Crippen molar-refractivity contribution >= 4 is 12.2 Å². The third-order valence-corrected chi connectivity index (χ3v) is 2.99. The number of hydrogen-bond donors (Lipinski definition) is 2. The predicted octanol–water partition coefficient (Wildman–Crippen LogP) is 1.04. The Morgan fingerprint density at radius 1 is 1.05 bits per heavy atom. The fraction of sp³-hybridized carbons (Fsp3) is 0.857. The van der Waals surface area contributed by atoms with E-state index < -0.39 is 12.2 Å². The van der Waals surface area contributed by atoms with Gasteiger partial charge >= 0.3 is 12.2 Å². The molecule has 22 heavy (non-hydrogen) atoms. The number of amides is 2. The lowest BCUT2D eigenvalue weighted by Crippen LogP contribution is -2.27. The van der Waals surface area contributed by atoms with Crippen molar-refractivity contribution in [3.63, 3.8) is 0 Å². The van der Waals surface area contributed by atoms with Gasteiger partial charge in [-0.2, -0.15) is 0 Å². The molecular formula is C14H26N2O6. The normalized spacial score (nSPS) is 16.0. The third-order valence-electron chi connectivity index (χ3n) is 2.99. The minimum atomic E-state index is -0.418. The molecule has 0 aromatic carbocycles. The molecule has 1 aliphatic heterocycles. The van der Waals surface area contributed by atoms with Gasteiger partial charge < -0.3 is 29.6 Å². The summed E-state index contributed by atoms with van der Waals surface area (Å²) in [5.74, 6) is 0. The lowest BCUT2D eigenvalue weighted by molar-refractivity contribution is 0.0652. The Kier molecular flexibility index (Phi) is 10.1. The Morgan fingerprint density at radius 2 is 1.68 bits per heavy atom. The number of ether oxygens (including phenoxy) is 4. The minimum Gasteiger partial charge on any atom is -0.453 e. The van der Waals surface area contributed by atoms with Crippen LogP contribution >= 0.6 is 0 Å². The number of rotatable bonds is 12. The molecule has 2 amide bonds. The molecule has 1 rings (SSSR count). The first-order valence-electron chi connectivity index (χ1n) is 7.64. The number of epoxide rings is 1. The molecule has 1 fully saturated rings. The highest BCUT2D eigenvalue weighted by molar-refractivity contribution is 5.67. The smallest absolute Gasteiger partial charge is 0.407 e. The molecule has 0 aliphatic carbocycles. The highest BCUT2D eigenvalue weighted by Crippen LogP contribution is 2.07. The van der Waals surface area contributed by atoms with E-state index in [2.05, 4.69) is 15.4 Å². The Balaban J connectivity index is 1.75. The molecule has 0 aromatic heterocycles. The van der Waals surface area contributed by atoms with Gasteiger partial charge in [-0.05, 0) is 12.8 Å². The molecule has 1 atom stereocenters. The zero-order valence-corrected chi connectivity index (χ0v) is 13.1. The maximum atomic E-state index is 11.3. The highest BCUT2D eigenvalue weighted by atomic mass is 16.6. The van der Waals surface area contributed by atoms with Gasteiger partial charge in [-0.15, -0.1) is 0 Å². The van der Waals surface area contributed by atoms with Crippen LogP contribution in [0.5, 0.6) is 0 Å². The van der Waals surface area contributed by atoms with Crippen LogP contribution in [0.3, 0.4) is 0 Å². The maximum absolute atomic E-state index is 11.3. The molecule has 0 aromatic rings. The van der Waals surface area contributed by atoms with Gasteiger partial charge in [0, 0.05) is 13.1 Å². The summed E-state index contributed by atoms with van der Waals surface area (Å²) >= 11 is 0. The SMILES string of the molecule is COC(=O)NCCCCCCNC(=O)OCCOCC1CO1. The van der Waals surface area contributed by atoms with E-state index in [1.165, 1.54) is 7.11 Å². The zero-order valence-electron chi connectivity index (χ0n) is 13.1. The van der Waals surface area contributed by atoms with Gasteiger partial charge in [-0.25, -0.2) is 9.59 Å². The van der Waals surface area contributed by atoms with Crippen molar-refractivity contribution in [2.24, 2.45) is 0 Å². The first kappa shape index (κ1) is 18.5. The topological polar surface area (TPSA) is 98.4 Å². The summed E-state index contributed by atoms with van der Waals surface area (Å²) in [5, 5.41) is 5.30. The second-order valence-corrected chi connectivity index (χ2v) is 4.93. The lowest BCUT2D eigenvalue weighted by atomic mass is 10.2. The molecule has 2 N–H and O–H groups in total. The fourth-order valence-electron chi connectivity index (χ4n) is 1.68. The maximum Gasteiger partial charge on any atom is 0.407 e. The van der Waals surface area contributed by atoms with E-state index in [0.717, 1.165) is 32.3 Å². The fourth-order valence-corrected chi connectivity index (χ4v) is 1.68. The molecule has 1 saturated heterocycles. The van der Waals surface area contributed by atoms with Crippen LogP contribution in [-0.4, -0.2) is 64.9 Å². The van der Waals surface area contributed by atoms with Crippen molar-refractivity contribution < 1.29 is 28.5 Å². The van der Waals surface area contributed by atoms with E-state index in [4.69, 9.17) is 14.2 Å². The molecule has 0 bridgehead atoms. The molecule has 0 saturated carbocycles. The van der Waals surface area contributed by atoms with Crippen LogP contribution in [0, 0.1) is 0 Å². The molecule has 1 aliphatic rings. The summed E-state index contributed by atoms with van der Waals surface area (Å²) in [6.45, 7) is 3.15. The summed E-state index contributed by atoms with van der Waals surface area (Å²) < 4.78 is 19.6. The van der Waals surface area contributed by atoms with Crippen LogP contribution in [0.25, 0.3) is 0 Å². The van der Waals surface area contributed by atoms with Gasteiger partial charge in [0.15, 0.2) is 0 Å². The number of carbonyl (C=O) groups excluding carboxylic acids is 2. The van der Waals surface area contributed by atoms with Crippen LogP contribution in [0.4, 0.5) is 9.59 Å². The minimum absolute atomic E-state index is 0.233. The van der Waals surface area contributed by atoms with Crippen LogP contribution in [0.1, 0.15) is 25.7 Å². The van der Waals surface area contributed by atoms with Gasteiger partial charge in [0.2, 0.25) is 0 Å². The second-order valence-electron chi connectivity index (χ2n) is 4.93. The Morgan fingerprint density at radius 3 is 2.27 bits per heavy atom. The third kappa shape index (κ3) is 11.2. The van der Waals surface area contributed by atoms with Crippen molar-refractivity contribution in [3.8, 4) is 0 Å². The standard InChI is InChI=1S/C14H26N2O6/c1-19-13(17)15-6-4-2-3-5-7-16-14(18)21-9-8-20-10-12-11-22-12/h12H,2-11H2,1H3,(H,15,17)(H,16,18). The summed E-state index contributed by atoms with van der Waals surface area (Å²) in [6.07, 6.45) is 3.14. The number of hydrogen-bond acceptors (Lipinski definition) is 6. The van der Waals surface area contributed by atoms with Gasteiger partial charge in [-0.3, -0.25) is 0 Å². The van der Waals surface area contributed by atoms with Gasteiger partial charge in [0.25, 0.3) is 0 Å². The predicted molar refractivity (Wildman–Crippen MR) is 78.8 cm³/mol. The second kappa shape index (κ2) is 12.0. The largest absolute Gasteiger partial charge is 0.453 e. The van der Waals surface area contributed by atoms with Gasteiger partial charge in [0.1, 0.15) is 12.7 Å². The summed E-state index contributed by atoms with van der Waals surface area (Å²) in [4.78, 5) is 22.1. The number of unbranched alkanes of at least 4 members (excludes halogenated alkanes) is 3. The van der Waals surface area contributed by atoms with Crippen molar-refractivity contribution in [2.45, 2.75) is 31.8 Å². The van der Waals surface area contributed by atoms with Crippen molar-refractivity contribution in [3.05, 3.63) is 0 Å². The van der Waals surface area contributed by atoms with Gasteiger partial charge in [0.05, 0.1) is 26.9 Å². The van der Waals surface area contributed by atoms with Crippen LogP contribution < -0.4 is 10.6 Å². The Bertz CT molecular complexity index is 322. The average Bonchev–Trinajstić information content (AvgIpc) is 3.33. The molecule has 0 radical (unpaired) electrons. The molecule has 128 valence electrons. The highest BCUT2D eigenvalue weighted by Gasteiger charge is 2.22.